The third-order valence-corrected chi connectivity index (χ3v) is 8.77. The largest absolute Gasteiger partial charge is 0.435 e. The van der Waals surface area contributed by atoms with Crippen LogP contribution >= 0.6 is 0 Å². The standard InChI is InChI=1S/C37H32F3N5/c1-43-21-23-44(24-22-43)34-19-20-41-33-18-17-27(25-31(33)34)32-26-45(42-35(32)37(38,39)40)36(28-11-5-2-6-12-28,29-13-7-3-8-14-29)30-15-9-4-10-16-30/h2-20,25-26H,21-24H2,1H3. The molecular formula is C37H32F3N5. The molecule has 2 aromatic heterocycles. The van der Waals surface area contributed by atoms with Crippen LogP contribution in [0.5, 0.6) is 0 Å². The fraction of sp³-hybridized carbons (Fsp3) is 0.189. The zero-order valence-electron chi connectivity index (χ0n) is 24.8. The highest BCUT2D eigenvalue weighted by molar-refractivity contribution is 5.95. The summed E-state index contributed by atoms with van der Waals surface area (Å²) < 4.78 is 46.4. The highest BCUT2D eigenvalue weighted by Gasteiger charge is 2.44. The molecule has 0 bridgehead atoms. The van der Waals surface area contributed by atoms with Gasteiger partial charge in [-0.1, -0.05) is 97.1 Å². The van der Waals surface area contributed by atoms with E-state index in [-0.39, 0.29) is 5.56 Å². The molecule has 4 aromatic carbocycles. The molecular weight excluding hydrogens is 571 g/mol. The third-order valence-electron chi connectivity index (χ3n) is 8.77. The van der Waals surface area contributed by atoms with Crippen molar-refractivity contribution in [1.82, 2.24) is 19.7 Å². The molecule has 7 rings (SSSR count). The van der Waals surface area contributed by atoms with Gasteiger partial charge in [0.15, 0.2) is 5.69 Å². The van der Waals surface area contributed by atoms with Crippen molar-refractivity contribution in [3.05, 3.63) is 150 Å². The molecule has 0 unspecified atom stereocenters. The molecule has 0 amide bonds. The van der Waals surface area contributed by atoms with Gasteiger partial charge < -0.3 is 9.80 Å². The van der Waals surface area contributed by atoms with Crippen LogP contribution in [-0.4, -0.2) is 52.9 Å². The van der Waals surface area contributed by atoms with E-state index in [9.17, 15) is 13.2 Å². The highest BCUT2D eigenvalue weighted by atomic mass is 19.4. The number of hydrogen-bond acceptors (Lipinski definition) is 4. The molecule has 0 spiro atoms. The minimum Gasteiger partial charge on any atom is -0.368 e. The average Bonchev–Trinajstić information content (AvgIpc) is 3.53. The summed E-state index contributed by atoms with van der Waals surface area (Å²) in [6, 6.07) is 36.1. The number of rotatable bonds is 6. The summed E-state index contributed by atoms with van der Waals surface area (Å²) >= 11 is 0. The first-order valence-corrected chi connectivity index (χ1v) is 15.0. The zero-order valence-corrected chi connectivity index (χ0v) is 24.8. The van der Waals surface area contributed by atoms with Crippen LogP contribution in [0.25, 0.3) is 22.0 Å². The SMILES string of the molecule is CN1CCN(c2ccnc3ccc(-c4cn(C(c5ccccc5)(c5ccccc5)c5ccccc5)nc4C(F)(F)F)cc23)CC1. The van der Waals surface area contributed by atoms with E-state index in [0.717, 1.165) is 59.5 Å². The Bertz CT molecular complexity index is 1820. The van der Waals surface area contributed by atoms with Crippen LogP contribution in [0.15, 0.2) is 128 Å². The van der Waals surface area contributed by atoms with Crippen molar-refractivity contribution in [3.8, 4) is 11.1 Å². The van der Waals surface area contributed by atoms with E-state index in [2.05, 4.69) is 26.9 Å². The van der Waals surface area contributed by atoms with E-state index in [1.54, 1.807) is 24.5 Å². The lowest BCUT2D eigenvalue weighted by atomic mass is 9.77. The van der Waals surface area contributed by atoms with Gasteiger partial charge in [-0.3, -0.25) is 9.67 Å². The van der Waals surface area contributed by atoms with Crippen molar-refractivity contribution in [2.75, 3.05) is 38.1 Å². The molecule has 3 heterocycles. The van der Waals surface area contributed by atoms with Gasteiger partial charge in [0.05, 0.1) is 5.52 Å². The number of likely N-dealkylation sites (N-methyl/N-ethyl adjacent to an activating group) is 1. The second-order valence-electron chi connectivity index (χ2n) is 11.5. The van der Waals surface area contributed by atoms with Gasteiger partial charge in [-0.05, 0) is 47.5 Å². The molecule has 1 aliphatic heterocycles. The lowest BCUT2D eigenvalue weighted by molar-refractivity contribution is -0.141. The van der Waals surface area contributed by atoms with Gasteiger partial charge in [-0.2, -0.15) is 18.3 Å². The normalized spacial score (nSPS) is 14.6. The number of alkyl halides is 3. The molecule has 1 saturated heterocycles. The van der Waals surface area contributed by atoms with Crippen molar-refractivity contribution < 1.29 is 13.2 Å². The Balaban J connectivity index is 1.48. The van der Waals surface area contributed by atoms with Crippen molar-refractivity contribution in [1.29, 1.82) is 0 Å². The molecule has 226 valence electrons. The van der Waals surface area contributed by atoms with Crippen LogP contribution in [0.3, 0.4) is 0 Å². The van der Waals surface area contributed by atoms with Crippen LogP contribution in [0.2, 0.25) is 0 Å². The van der Waals surface area contributed by atoms with Gasteiger partial charge in [-0.15, -0.1) is 0 Å². The summed E-state index contributed by atoms with van der Waals surface area (Å²) in [6.07, 6.45) is -1.37. The number of benzene rings is 4. The van der Waals surface area contributed by atoms with Gasteiger partial charge in [-0.25, -0.2) is 0 Å². The van der Waals surface area contributed by atoms with Crippen LogP contribution in [-0.2, 0) is 11.7 Å². The maximum atomic E-state index is 15.0. The van der Waals surface area contributed by atoms with Crippen LogP contribution < -0.4 is 4.90 Å². The van der Waals surface area contributed by atoms with Crippen molar-refractivity contribution in [2.45, 2.75) is 11.7 Å². The van der Waals surface area contributed by atoms with Gasteiger partial charge in [0, 0.05) is 55.2 Å². The predicted octanol–water partition coefficient (Wildman–Crippen LogP) is 7.71. The summed E-state index contributed by atoms with van der Waals surface area (Å²) in [6.45, 7) is 3.49. The first-order valence-electron chi connectivity index (χ1n) is 15.0. The van der Waals surface area contributed by atoms with E-state index in [4.69, 9.17) is 0 Å². The van der Waals surface area contributed by atoms with E-state index in [1.807, 2.05) is 103 Å². The van der Waals surface area contributed by atoms with E-state index in [0.29, 0.717) is 5.56 Å². The minimum atomic E-state index is -4.69. The van der Waals surface area contributed by atoms with Gasteiger partial charge >= 0.3 is 6.18 Å². The number of piperazine rings is 1. The number of anilines is 1. The van der Waals surface area contributed by atoms with E-state index in [1.165, 1.54) is 4.68 Å². The Morgan fingerprint density at radius 1 is 0.667 bits per heavy atom. The van der Waals surface area contributed by atoms with Crippen molar-refractivity contribution in [2.24, 2.45) is 0 Å². The fourth-order valence-corrected chi connectivity index (χ4v) is 6.52. The maximum absolute atomic E-state index is 15.0. The second kappa shape index (κ2) is 11.5. The average molecular weight is 604 g/mol. The topological polar surface area (TPSA) is 37.2 Å². The number of aromatic nitrogens is 3. The fourth-order valence-electron chi connectivity index (χ4n) is 6.52. The lowest BCUT2D eigenvalue weighted by Crippen LogP contribution is -2.44. The molecule has 0 radical (unpaired) electrons. The number of fused-ring (bicyclic) bond motifs is 1. The van der Waals surface area contributed by atoms with Crippen molar-refractivity contribution >= 4 is 16.6 Å². The molecule has 0 atom stereocenters. The summed E-state index contributed by atoms with van der Waals surface area (Å²) in [5.41, 5.74) is 2.45. The molecule has 0 saturated carbocycles. The Morgan fingerprint density at radius 2 is 1.22 bits per heavy atom. The first kappa shape index (κ1) is 28.8. The quantitative estimate of drug-likeness (QED) is 0.183. The molecule has 1 fully saturated rings. The van der Waals surface area contributed by atoms with E-state index >= 15 is 0 Å². The Labute approximate surface area is 260 Å². The summed E-state index contributed by atoms with van der Waals surface area (Å²) in [5.74, 6) is 0. The minimum absolute atomic E-state index is 0.0183. The van der Waals surface area contributed by atoms with Gasteiger partial charge in [0.1, 0.15) is 5.54 Å². The van der Waals surface area contributed by atoms with Gasteiger partial charge in [0.25, 0.3) is 0 Å². The van der Waals surface area contributed by atoms with Crippen molar-refractivity contribution in [3.63, 3.8) is 0 Å². The Morgan fingerprint density at radius 3 is 1.76 bits per heavy atom. The molecule has 1 aliphatic rings. The van der Waals surface area contributed by atoms with E-state index < -0.39 is 17.4 Å². The van der Waals surface area contributed by atoms with Crippen LogP contribution in [0.4, 0.5) is 18.9 Å². The Hall–Kier alpha value is -4.95. The molecule has 6 aromatic rings. The summed E-state index contributed by atoms with van der Waals surface area (Å²) in [7, 11) is 2.09. The number of halogens is 3. The lowest BCUT2D eigenvalue weighted by Gasteiger charge is -2.36. The highest BCUT2D eigenvalue weighted by Crippen LogP contribution is 2.44. The molecule has 8 heteroatoms. The number of hydrogen-bond donors (Lipinski definition) is 0. The smallest absolute Gasteiger partial charge is 0.368 e. The van der Waals surface area contributed by atoms with Crippen LogP contribution in [0, 0.1) is 0 Å². The third kappa shape index (κ3) is 5.15. The first-order chi connectivity index (χ1) is 21.9. The monoisotopic (exact) mass is 603 g/mol. The number of pyridine rings is 1. The zero-order chi connectivity index (χ0) is 31.0. The molecule has 45 heavy (non-hydrogen) atoms. The number of nitrogens with zero attached hydrogens (tertiary/aromatic N) is 5. The molecule has 5 nitrogen and oxygen atoms in total. The second-order valence-corrected chi connectivity index (χ2v) is 11.5. The summed E-state index contributed by atoms with van der Waals surface area (Å²) in [4.78, 5) is 9.10. The maximum Gasteiger partial charge on any atom is 0.435 e. The van der Waals surface area contributed by atoms with Crippen LogP contribution in [0.1, 0.15) is 22.4 Å². The predicted molar refractivity (Wildman–Crippen MR) is 172 cm³/mol. The molecule has 0 N–H and O–H groups in total. The van der Waals surface area contributed by atoms with Gasteiger partial charge in [0.2, 0.25) is 0 Å². The Kier molecular flexibility index (Phi) is 7.37. The summed E-state index contributed by atoms with van der Waals surface area (Å²) in [5, 5.41) is 5.24. The molecule has 0 aliphatic carbocycles.